The Kier molecular flexibility index (Phi) is 4.92. The number of sulfonamides is 1. The number of likely N-dealkylation sites (N-methyl/N-ethyl adjacent to an activating group) is 1. The van der Waals surface area contributed by atoms with Gasteiger partial charge >= 0.3 is 0 Å². The molecule has 0 spiro atoms. The van der Waals surface area contributed by atoms with Gasteiger partial charge in [-0.1, -0.05) is 11.6 Å². The first-order valence-corrected chi connectivity index (χ1v) is 6.83. The summed E-state index contributed by atoms with van der Waals surface area (Å²) in [5, 5.41) is 2.94. The van der Waals surface area contributed by atoms with E-state index in [1.807, 2.05) is 0 Å². The molecule has 0 saturated heterocycles. The molecule has 0 atom stereocenters. The Morgan fingerprint density at radius 3 is 2.41 bits per heavy atom. The highest BCUT2D eigenvalue weighted by Crippen LogP contribution is 2.13. The van der Waals surface area contributed by atoms with Crippen LogP contribution in [-0.2, 0) is 14.8 Å². The largest absolute Gasteiger partial charge is 0.355 e. The average Bonchev–Trinajstić information content (AvgIpc) is 2.28. The fraction of sp³-hybridized carbons (Fsp3) is 0.300. The third-order valence-electron chi connectivity index (χ3n) is 1.92. The van der Waals surface area contributed by atoms with Crippen LogP contribution in [-0.4, -0.2) is 27.4 Å². The Morgan fingerprint density at radius 2 is 1.88 bits per heavy atom. The number of amides is 1. The van der Waals surface area contributed by atoms with Crippen molar-refractivity contribution in [1.29, 1.82) is 0 Å². The summed E-state index contributed by atoms with van der Waals surface area (Å²) in [6, 6.07) is 5.70. The SMILES string of the molecule is CCNC(=O)CNS(=O)(=O)c1ccc(Cl)cc1. The molecule has 0 aliphatic heterocycles. The lowest BCUT2D eigenvalue weighted by Gasteiger charge is -2.06. The number of hydrogen-bond acceptors (Lipinski definition) is 3. The molecule has 2 N–H and O–H groups in total. The lowest BCUT2D eigenvalue weighted by Crippen LogP contribution is -2.36. The quantitative estimate of drug-likeness (QED) is 0.833. The van der Waals surface area contributed by atoms with Gasteiger partial charge in [0, 0.05) is 11.6 Å². The summed E-state index contributed by atoms with van der Waals surface area (Å²) < 4.78 is 25.6. The second-order valence-electron chi connectivity index (χ2n) is 3.23. The van der Waals surface area contributed by atoms with Crippen LogP contribution in [0.1, 0.15) is 6.92 Å². The predicted molar refractivity (Wildman–Crippen MR) is 65.3 cm³/mol. The van der Waals surface area contributed by atoms with Crippen molar-refractivity contribution in [2.75, 3.05) is 13.1 Å². The van der Waals surface area contributed by atoms with Crippen molar-refractivity contribution < 1.29 is 13.2 Å². The summed E-state index contributed by atoms with van der Waals surface area (Å²) >= 11 is 5.65. The van der Waals surface area contributed by atoms with Gasteiger partial charge in [0.1, 0.15) is 0 Å². The third kappa shape index (κ3) is 4.33. The van der Waals surface area contributed by atoms with Crippen molar-refractivity contribution in [1.82, 2.24) is 10.0 Å². The molecule has 1 rings (SSSR count). The highest BCUT2D eigenvalue weighted by atomic mass is 35.5. The van der Waals surface area contributed by atoms with Crippen LogP contribution in [0.4, 0.5) is 0 Å². The Morgan fingerprint density at radius 1 is 1.29 bits per heavy atom. The number of carbonyl (C=O) groups is 1. The number of nitrogens with one attached hydrogen (secondary N) is 2. The molecule has 0 aromatic heterocycles. The van der Waals surface area contributed by atoms with Gasteiger partial charge in [0.15, 0.2) is 0 Å². The second-order valence-corrected chi connectivity index (χ2v) is 5.44. The molecular weight excluding hydrogens is 264 g/mol. The average molecular weight is 277 g/mol. The van der Waals surface area contributed by atoms with Crippen molar-refractivity contribution >= 4 is 27.5 Å². The van der Waals surface area contributed by atoms with Crippen LogP contribution >= 0.6 is 11.6 Å². The standard InChI is InChI=1S/C10H13ClN2O3S/c1-2-12-10(14)7-13-17(15,16)9-5-3-8(11)4-6-9/h3-6,13H,2,7H2,1H3,(H,12,14). The van der Waals surface area contributed by atoms with Gasteiger partial charge in [0.2, 0.25) is 15.9 Å². The van der Waals surface area contributed by atoms with E-state index in [9.17, 15) is 13.2 Å². The zero-order valence-corrected chi connectivity index (χ0v) is 10.8. The number of carbonyl (C=O) groups excluding carboxylic acids is 1. The van der Waals surface area contributed by atoms with Gasteiger partial charge in [-0.25, -0.2) is 13.1 Å². The van der Waals surface area contributed by atoms with E-state index in [0.29, 0.717) is 11.6 Å². The minimum atomic E-state index is -3.66. The molecule has 0 fully saturated rings. The van der Waals surface area contributed by atoms with Crippen molar-refractivity contribution in [3.8, 4) is 0 Å². The van der Waals surface area contributed by atoms with Gasteiger partial charge < -0.3 is 5.32 Å². The summed E-state index contributed by atoms with van der Waals surface area (Å²) in [4.78, 5) is 11.2. The van der Waals surface area contributed by atoms with E-state index in [0.717, 1.165) is 0 Å². The number of halogens is 1. The molecule has 0 aliphatic rings. The molecule has 0 aliphatic carbocycles. The maximum Gasteiger partial charge on any atom is 0.241 e. The zero-order valence-electron chi connectivity index (χ0n) is 9.23. The van der Waals surface area contributed by atoms with Crippen molar-refractivity contribution in [3.05, 3.63) is 29.3 Å². The predicted octanol–water partition coefficient (Wildman–Crippen LogP) is 0.754. The third-order valence-corrected chi connectivity index (χ3v) is 3.59. The molecule has 1 amide bonds. The van der Waals surface area contributed by atoms with Gasteiger partial charge in [-0.15, -0.1) is 0 Å². The van der Waals surface area contributed by atoms with Crippen LogP contribution in [0.3, 0.4) is 0 Å². The summed E-state index contributed by atoms with van der Waals surface area (Å²) in [5.74, 6) is -0.370. The fourth-order valence-corrected chi connectivity index (χ4v) is 2.23. The Bertz CT molecular complexity index is 485. The normalized spacial score (nSPS) is 11.2. The van der Waals surface area contributed by atoms with E-state index >= 15 is 0 Å². The molecule has 17 heavy (non-hydrogen) atoms. The topological polar surface area (TPSA) is 75.3 Å². The van der Waals surface area contributed by atoms with Crippen LogP contribution in [0.5, 0.6) is 0 Å². The van der Waals surface area contributed by atoms with Crippen LogP contribution in [0, 0.1) is 0 Å². The Hall–Kier alpha value is -1.11. The smallest absolute Gasteiger partial charge is 0.241 e. The van der Waals surface area contributed by atoms with Gasteiger partial charge in [0.05, 0.1) is 11.4 Å². The lowest BCUT2D eigenvalue weighted by molar-refractivity contribution is -0.119. The van der Waals surface area contributed by atoms with Crippen molar-refractivity contribution in [3.63, 3.8) is 0 Å². The van der Waals surface area contributed by atoms with Gasteiger partial charge in [0.25, 0.3) is 0 Å². The van der Waals surface area contributed by atoms with Crippen LogP contribution in [0.25, 0.3) is 0 Å². The maximum atomic E-state index is 11.7. The molecule has 0 radical (unpaired) electrons. The lowest BCUT2D eigenvalue weighted by atomic mass is 10.4. The van der Waals surface area contributed by atoms with Gasteiger partial charge in [-0.05, 0) is 31.2 Å². The van der Waals surface area contributed by atoms with E-state index in [4.69, 9.17) is 11.6 Å². The monoisotopic (exact) mass is 276 g/mol. The summed E-state index contributed by atoms with van der Waals surface area (Å²) in [7, 11) is -3.66. The minimum Gasteiger partial charge on any atom is -0.355 e. The minimum absolute atomic E-state index is 0.0752. The zero-order chi connectivity index (χ0) is 12.9. The molecule has 7 heteroatoms. The first-order valence-electron chi connectivity index (χ1n) is 4.97. The summed E-state index contributed by atoms with van der Waals surface area (Å²) in [5.41, 5.74) is 0. The van der Waals surface area contributed by atoms with Crippen LogP contribution < -0.4 is 10.0 Å². The van der Waals surface area contributed by atoms with Gasteiger partial charge in [-0.3, -0.25) is 4.79 Å². The molecule has 1 aromatic carbocycles. The van der Waals surface area contributed by atoms with Gasteiger partial charge in [-0.2, -0.15) is 0 Å². The Labute approximate surface area is 105 Å². The number of benzene rings is 1. The molecule has 5 nitrogen and oxygen atoms in total. The van der Waals surface area contributed by atoms with E-state index in [-0.39, 0.29) is 17.3 Å². The highest BCUT2D eigenvalue weighted by Gasteiger charge is 2.14. The summed E-state index contributed by atoms with van der Waals surface area (Å²) in [6.45, 7) is 1.94. The highest BCUT2D eigenvalue weighted by molar-refractivity contribution is 7.89. The molecule has 0 unspecified atom stereocenters. The van der Waals surface area contributed by atoms with Crippen molar-refractivity contribution in [2.45, 2.75) is 11.8 Å². The van der Waals surface area contributed by atoms with E-state index in [1.165, 1.54) is 24.3 Å². The van der Waals surface area contributed by atoms with E-state index in [2.05, 4.69) is 10.0 Å². The van der Waals surface area contributed by atoms with Crippen LogP contribution in [0.2, 0.25) is 5.02 Å². The van der Waals surface area contributed by atoms with Crippen LogP contribution in [0.15, 0.2) is 29.2 Å². The first kappa shape index (κ1) is 14.0. The second kappa shape index (κ2) is 6.00. The molecule has 0 bridgehead atoms. The molecule has 1 aromatic rings. The molecule has 0 heterocycles. The fourth-order valence-electron chi connectivity index (χ4n) is 1.12. The number of rotatable bonds is 5. The maximum absolute atomic E-state index is 11.7. The van der Waals surface area contributed by atoms with Crippen molar-refractivity contribution in [2.24, 2.45) is 0 Å². The Balaban J connectivity index is 2.69. The van der Waals surface area contributed by atoms with E-state index < -0.39 is 10.0 Å². The van der Waals surface area contributed by atoms with E-state index in [1.54, 1.807) is 6.92 Å². The number of hydrogen-bond donors (Lipinski definition) is 2. The molecule has 94 valence electrons. The molecular formula is C10H13ClN2O3S. The molecule has 0 saturated carbocycles. The first-order chi connectivity index (χ1) is 7.95. The summed E-state index contributed by atoms with van der Waals surface area (Å²) in [6.07, 6.45) is 0.